The summed E-state index contributed by atoms with van der Waals surface area (Å²) < 4.78 is 6.49. The smallest absolute Gasteiger partial charge is 0.211 e. The second-order valence-corrected chi connectivity index (χ2v) is 7.11. The van der Waals surface area contributed by atoms with Gasteiger partial charge < -0.3 is 21.5 Å². The van der Waals surface area contributed by atoms with Crippen LogP contribution in [0.3, 0.4) is 0 Å². The van der Waals surface area contributed by atoms with Gasteiger partial charge in [0, 0.05) is 5.56 Å². The molecule has 142 valence electrons. The number of fused-ring (bicyclic) bond motifs is 1. The van der Waals surface area contributed by atoms with E-state index in [2.05, 4.69) is 36.5 Å². The van der Waals surface area contributed by atoms with E-state index in [0.717, 1.165) is 10.0 Å². The second kappa shape index (κ2) is 7.62. The third kappa shape index (κ3) is 3.50. The number of anilines is 3. The van der Waals surface area contributed by atoms with Crippen LogP contribution in [0, 0.1) is 22.8 Å². The van der Waals surface area contributed by atoms with Crippen LogP contribution in [-0.2, 0) is 0 Å². The molecule has 0 amide bonds. The number of nitrogens with zero attached hydrogens (tertiary/aromatic N) is 4. The number of ether oxygens (including phenoxy) is 1. The summed E-state index contributed by atoms with van der Waals surface area (Å²) in [4.78, 5) is 8.75. The summed E-state index contributed by atoms with van der Waals surface area (Å²) in [7, 11) is 0. The van der Waals surface area contributed by atoms with Gasteiger partial charge in [0.25, 0.3) is 0 Å². The molecule has 1 aromatic heterocycles. The molecule has 0 fully saturated rings. The van der Waals surface area contributed by atoms with Crippen LogP contribution in [0.25, 0.3) is 0 Å². The number of nitrogen functional groups attached to an aromatic ring is 2. The second-order valence-electron chi connectivity index (χ2n) is 6.26. The molecule has 1 unspecified atom stereocenters. The summed E-state index contributed by atoms with van der Waals surface area (Å²) in [6, 6.07) is 6.90. The van der Waals surface area contributed by atoms with Gasteiger partial charge >= 0.3 is 0 Å². The molecule has 10 heteroatoms. The number of guanidine groups is 1. The summed E-state index contributed by atoms with van der Waals surface area (Å²) in [5.74, 6) is 1.23. The van der Waals surface area contributed by atoms with Gasteiger partial charge in [0.2, 0.25) is 5.96 Å². The number of hydrogen-bond donors (Lipinski definition) is 4. The SMILES string of the molecule is CC(C)Oc1ccc(C2N=C(NC#N)Nc3nc(N)c(C#N)c(N)c32)cc1Br. The number of hydrogen-bond acceptors (Lipinski definition) is 9. The molecule has 0 aliphatic carbocycles. The van der Waals surface area contributed by atoms with Crippen molar-refractivity contribution in [1.29, 1.82) is 10.5 Å². The molecule has 28 heavy (non-hydrogen) atoms. The van der Waals surface area contributed by atoms with Crippen molar-refractivity contribution >= 4 is 39.2 Å². The molecule has 0 spiro atoms. The number of nitriles is 2. The van der Waals surface area contributed by atoms with Crippen LogP contribution in [-0.4, -0.2) is 17.0 Å². The van der Waals surface area contributed by atoms with Crippen LogP contribution in [0.1, 0.15) is 36.6 Å². The maximum Gasteiger partial charge on any atom is 0.211 e. The topological polar surface area (TPSA) is 158 Å². The first kappa shape index (κ1) is 19.3. The molecule has 0 bridgehead atoms. The third-order valence-corrected chi connectivity index (χ3v) is 4.61. The minimum absolute atomic E-state index is 0.00469. The van der Waals surface area contributed by atoms with E-state index in [9.17, 15) is 5.26 Å². The van der Waals surface area contributed by atoms with Crippen molar-refractivity contribution < 1.29 is 4.74 Å². The van der Waals surface area contributed by atoms with Gasteiger partial charge in [-0.25, -0.2) is 9.98 Å². The molecule has 2 aromatic rings. The molecular formula is C18H17BrN8O. The number of nitrogens with two attached hydrogens (primary N) is 2. The molecule has 6 N–H and O–H groups in total. The quantitative estimate of drug-likeness (QED) is 0.418. The lowest BCUT2D eigenvalue weighted by Gasteiger charge is -2.26. The molecule has 1 atom stereocenters. The molecule has 0 radical (unpaired) electrons. The minimum Gasteiger partial charge on any atom is -0.490 e. The standard InChI is InChI=1S/C18H17BrN8O/c1-8(2)28-12-4-3-9(5-11(12)19)15-13-14(22)10(6-20)16(23)26-17(13)27-18(25-15)24-7-21/h3-5,8,15H,1-2H3,(H6,22,23,24,25,26,27). The average Bonchev–Trinajstić information content (AvgIpc) is 2.63. The van der Waals surface area contributed by atoms with Gasteiger partial charge in [0.05, 0.1) is 16.3 Å². The first-order chi connectivity index (χ1) is 13.3. The summed E-state index contributed by atoms with van der Waals surface area (Å²) in [5.41, 5.74) is 13.6. The van der Waals surface area contributed by atoms with E-state index in [-0.39, 0.29) is 29.1 Å². The van der Waals surface area contributed by atoms with E-state index >= 15 is 0 Å². The molecular weight excluding hydrogens is 424 g/mol. The Kier molecular flexibility index (Phi) is 5.25. The van der Waals surface area contributed by atoms with Gasteiger partial charge in [-0.05, 0) is 47.5 Å². The van der Waals surface area contributed by atoms with Gasteiger partial charge in [0.15, 0.2) is 6.19 Å². The fourth-order valence-electron chi connectivity index (χ4n) is 2.86. The van der Waals surface area contributed by atoms with Crippen molar-refractivity contribution in [3.8, 4) is 18.0 Å². The number of aromatic nitrogens is 1. The minimum atomic E-state index is -0.600. The highest BCUT2D eigenvalue weighted by Gasteiger charge is 2.30. The van der Waals surface area contributed by atoms with Gasteiger partial charge in [-0.1, -0.05) is 6.07 Å². The predicted octanol–water partition coefficient (Wildman–Crippen LogP) is 2.61. The maximum atomic E-state index is 9.37. The van der Waals surface area contributed by atoms with Crippen LogP contribution < -0.4 is 26.8 Å². The van der Waals surface area contributed by atoms with Crippen LogP contribution in [0.5, 0.6) is 5.75 Å². The Labute approximate surface area is 170 Å². The van der Waals surface area contributed by atoms with E-state index in [0.29, 0.717) is 17.1 Å². The zero-order valence-corrected chi connectivity index (χ0v) is 16.7. The molecule has 1 aromatic carbocycles. The number of aliphatic imine (C=N–C) groups is 1. The van der Waals surface area contributed by atoms with E-state index in [1.807, 2.05) is 44.3 Å². The number of nitrogens with one attached hydrogen (secondary N) is 2. The van der Waals surface area contributed by atoms with Crippen LogP contribution in [0.2, 0.25) is 0 Å². The average molecular weight is 441 g/mol. The Morgan fingerprint density at radius 1 is 1.32 bits per heavy atom. The molecule has 0 saturated heterocycles. The lowest BCUT2D eigenvalue weighted by molar-refractivity contribution is 0.241. The first-order valence-electron chi connectivity index (χ1n) is 8.30. The zero-order valence-electron chi connectivity index (χ0n) is 15.1. The van der Waals surface area contributed by atoms with Crippen molar-refractivity contribution in [2.24, 2.45) is 4.99 Å². The van der Waals surface area contributed by atoms with E-state index in [1.54, 1.807) is 0 Å². The van der Waals surface area contributed by atoms with E-state index < -0.39 is 6.04 Å². The fourth-order valence-corrected chi connectivity index (χ4v) is 3.35. The third-order valence-electron chi connectivity index (χ3n) is 3.99. The number of benzene rings is 1. The number of rotatable bonds is 3. The Morgan fingerprint density at radius 2 is 2.07 bits per heavy atom. The molecule has 1 aliphatic heterocycles. The number of pyridine rings is 1. The number of halogens is 1. The van der Waals surface area contributed by atoms with E-state index in [4.69, 9.17) is 21.5 Å². The lowest BCUT2D eigenvalue weighted by atomic mass is 9.95. The van der Waals surface area contributed by atoms with Crippen molar-refractivity contribution in [3.63, 3.8) is 0 Å². The molecule has 1 aliphatic rings. The van der Waals surface area contributed by atoms with Crippen LogP contribution >= 0.6 is 15.9 Å². The maximum absolute atomic E-state index is 9.37. The van der Waals surface area contributed by atoms with Gasteiger partial charge in [-0.15, -0.1) is 0 Å². The molecule has 9 nitrogen and oxygen atoms in total. The van der Waals surface area contributed by atoms with E-state index in [1.165, 1.54) is 0 Å². The van der Waals surface area contributed by atoms with Crippen molar-refractivity contribution in [2.75, 3.05) is 16.8 Å². The molecule has 3 rings (SSSR count). The van der Waals surface area contributed by atoms with Gasteiger partial charge in [-0.2, -0.15) is 10.5 Å². The summed E-state index contributed by atoms with van der Waals surface area (Å²) in [5, 5.41) is 23.7. The first-order valence-corrected chi connectivity index (χ1v) is 9.10. The highest BCUT2D eigenvalue weighted by molar-refractivity contribution is 9.10. The Balaban J connectivity index is 2.16. The van der Waals surface area contributed by atoms with Crippen LogP contribution in [0.15, 0.2) is 27.7 Å². The monoisotopic (exact) mass is 440 g/mol. The summed E-state index contributed by atoms with van der Waals surface area (Å²) in [6.07, 6.45) is 1.84. The highest BCUT2D eigenvalue weighted by Crippen LogP contribution is 2.42. The molecule has 2 heterocycles. The Bertz CT molecular complexity index is 1050. The molecule has 0 saturated carbocycles. The predicted molar refractivity (Wildman–Crippen MR) is 109 cm³/mol. The van der Waals surface area contributed by atoms with Crippen molar-refractivity contribution in [2.45, 2.75) is 26.0 Å². The Morgan fingerprint density at radius 3 is 2.68 bits per heavy atom. The van der Waals surface area contributed by atoms with Gasteiger partial charge in [0.1, 0.15) is 35.1 Å². The van der Waals surface area contributed by atoms with Gasteiger partial charge in [-0.3, -0.25) is 5.32 Å². The fraction of sp³-hybridized carbons (Fsp3) is 0.222. The van der Waals surface area contributed by atoms with Crippen molar-refractivity contribution in [3.05, 3.63) is 39.4 Å². The normalized spacial score (nSPS) is 14.9. The lowest BCUT2D eigenvalue weighted by Crippen LogP contribution is -2.32. The highest BCUT2D eigenvalue weighted by atomic mass is 79.9. The summed E-state index contributed by atoms with van der Waals surface area (Å²) >= 11 is 3.51. The van der Waals surface area contributed by atoms with Crippen LogP contribution in [0.4, 0.5) is 17.3 Å². The van der Waals surface area contributed by atoms with Crippen molar-refractivity contribution in [1.82, 2.24) is 10.3 Å². The zero-order chi connectivity index (χ0) is 20.4. The Hall–Kier alpha value is -3.50. The largest absolute Gasteiger partial charge is 0.490 e. The summed E-state index contributed by atoms with van der Waals surface area (Å²) in [6.45, 7) is 3.88.